The first kappa shape index (κ1) is 13.1. The van der Waals surface area contributed by atoms with Crippen LogP contribution >= 0.6 is 11.3 Å². The average molecular weight is 271 g/mol. The van der Waals surface area contributed by atoms with Crippen LogP contribution in [0.15, 0.2) is 24.3 Å². The van der Waals surface area contributed by atoms with Gasteiger partial charge in [0.05, 0.1) is 0 Å². The van der Waals surface area contributed by atoms with E-state index >= 15 is 0 Å². The van der Waals surface area contributed by atoms with E-state index in [2.05, 4.69) is 5.32 Å². The van der Waals surface area contributed by atoms with E-state index in [0.29, 0.717) is 10.4 Å². The molecule has 2 aromatic rings. The van der Waals surface area contributed by atoms with E-state index in [1.54, 1.807) is 6.07 Å². The number of nitrogens with one attached hydrogen (secondary N) is 1. The van der Waals surface area contributed by atoms with E-state index in [1.807, 2.05) is 20.0 Å². The van der Waals surface area contributed by atoms with Crippen LogP contribution in [0, 0.1) is 17.5 Å². The van der Waals surface area contributed by atoms with Crippen molar-refractivity contribution >= 4 is 11.3 Å². The molecule has 0 aliphatic carbocycles. The summed E-state index contributed by atoms with van der Waals surface area (Å²) >= 11 is 1.42. The zero-order chi connectivity index (χ0) is 13.3. The molecule has 0 radical (unpaired) electrons. The fraction of sp³-hybridized carbons (Fsp3) is 0.231. The van der Waals surface area contributed by atoms with Crippen molar-refractivity contribution < 1.29 is 13.2 Å². The monoisotopic (exact) mass is 271 g/mol. The van der Waals surface area contributed by atoms with Gasteiger partial charge < -0.3 is 5.32 Å². The van der Waals surface area contributed by atoms with E-state index < -0.39 is 17.5 Å². The molecule has 2 rings (SSSR count). The lowest BCUT2D eigenvalue weighted by molar-refractivity contribution is 0.448. The molecule has 5 heteroatoms. The molecule has 0 fully saturated rings. The summed E-state index contributed by atoms with van der Waals surface area (Å²) in [7, 11) is 1.83. The topological polar surface area (TPSA) is 12.0 Å². The second-order valence-corrected chi connectivity index (χ2v) is 5.08. The first-order valence-electron chi connectivity index (χ1n) is 5.45. The van der Waals surface area contributed by atoms with E-state index in [-0.39, 0.29) is 6.04 Å². The van der Waals surface area contributed by atoms with Crippen LogP contribution in [0.3, 0.4) is 0 Å². The van der Waals surface area contributed by atoms with Gasteiger partial charge in [-0.3, -0.25) is 0 Å². The Hall–Kier alpha value is -1.33. The summed E-state index contributed by atoms with van der Waals surface area (Å²) in [6.07, 6.45) is 0. The van der Waals surface area contributed by atoms with E-state index in [4.69, 9.17) is 0 Å². The number of rotatable bonds is 3. The van der Waals surface area contributed by atoms with E-state index in [0.717, 1.165) is 17.0 Å². The Morgan fingerprint density at radius 1 is 1.11 bits per heavy atom. The van der Waals surface area contributed by atoms with Crippen molar-refractivity contribution in [3.63, 3.8) is 0 Å². The maximum Gasteiger partial charge on any atom is 0.194 e. The van der Waals surface area contributed by atoms with Crippen molar-refractivity contribution in [1.82, 2.24) is 5.32 Å². The second-order valence-electron chi connectivity index (χ2n) is 3.97. The van der Waals surface area contributed by atoms with Gasteiger partial charge in [0.2, 0.25) is 0 Å². The zero-order valence-electron chi connectivity index (χ0n) is 9.93. The van der Waals surface area contributed by atoms with Crippen LogP contribution in [0.5, 0.6) is 0 Å². The van der Waals surface area contributed by atoms with Gasteiger partial charge in [-0.15, -0.1) is 11.3 Å². The Morgan fingerprint density at radius 2 is 1.72 bits per heavy atom. The maximum absolute atomic E-state index is 13.1. The van der Waals surface area contributed by atoms with Crippen LogP contribution < -0.4 is 5.32 Å². The molecule has 0 spiro atoms. The molecule has 0 bridgehead atoms. The molecule has 0 aliphatic heterocycles. The molecular formula is C13H12F3NS. The summed E-state index contributed by atoms with van der Waals surface area (Å²) in [6.45, 7) is 1.99. The van der Waals surface area contributed by atoms with E-state index in [1.165, 1.54) is 11.3 Å². The van der Waals surface area contributed by atoms with Crippen molar-refractivity contribution in [3.05, 3.63) is 46.6 Å². The number of halogens is 3. The Kier molecular flexibility index (Phi) is 3.73. The minimum atomic E-state index is -1.43. The molecular weight excluding hydrogens is 259 g/mol. The van der Waals surface area contributed by atoms with Gasteiger partial charge in [0.25, 0.3) is 0 Å². The second kappa shape index (κ2) is 5.12. The molecule has 96 valence electrons. The summed E-state index contributed by atoms with van der Waals surface area (Å²) in [6, 6.07) is 5.86. The van der Waals surface area contributed by atoms with Gasteiger partial charge in [-0.2, -0.15) is 0 Å². The number of hydrogen-bond acceptors (Lipinski definition) is 2. The van der Waals surface area contributed by atoms with Crippen molar-refractivity contribution in [2.24, 2.45) is 0 Å². The molecule has 0 saturated carbocycles. The fourth-order valence-corrected chi connectivity index (χ4v) is 2.64. The van der Waals surface area contributed by atoms with Crippen molar-refractivity contribution in [3.8, 4) is 10.4 Å². The Balaban J connectivity index is 2.40. The largest absolute Gasteiger partial charge is 0.313 e. The van der Waals surface area contributed by atoms with Gasteiger partial charge >= 0.3 is 0 Å². The van der Waals surface area contributed by atoms with Gasteiger partial charge in [0.1, 0.15) is 0 Å². The fourth-order valence-electron chi connectivity index (χ4n) is 1.58. The standard InChI is InChI=1S/C13H12F3NS/c1-7(17-2)11-3-4-12(18-11)8-5-9(14)13(16)10(15)6-8/h3-7,17H,1-2H3. The van der Waals surface area contributed by atoms with Crippen LogP contribution in [-0.2, 0) is 0 Å². The van der Waals surface area contributed by atoms with Crippen molar-refractivity contribution in [2.75, 3.05) is 7.05 Å². The summed E-state index contributed by atoms with van der Waals surface area (Å²) in [5.41, 5.74) is 0.353. The first-order valence-corrected chi connectivity index (χ1v) is 6.26. The Morgan fingerprint density at radius 3 is 2.28 bits per heavy atom. The molecule has 1 aromatic carbocycles. The van der Waals surface area contributed by atoms with Crippen molar-refractivity contribution in [1.29, 1.82) is 0 Å². The highest BCUT2D eigenvalue weighted by Gasteiger charge is 2.13. The Labute approximate surface area is 107 Å². The molecule has 18 heavy (non-hydrogen) atoms. The summed E-state index contributed by atoms with van der Waals surface area (Å²) < 4.78 is 39.1. The molecule has 1 unspecified atom stereocenters. The number of benzene rings is 1. The lowest BCUT2D eigenvalue weighted by Crippen LogP contribution is -2.10. The lowest BCUT2D eigenvalue weighted by atomic mass is 10.1. The highest BCUT2D eigenvalue weighted by Crippen LogP contribution is 2.32. The predicted octanol–water partition coefficient (Wildman–Crippen LogP) is 4.11. The minimum Gasteiger partial charge on any atom is -0.313 e. The minimum absolute atomic E-state index is 0.166. The molecule has 0 aliphatic rings. The molecule has 0 saturated heterocycles. The van der Waals surface area contributed by atoms with Crippen molar-refractivity contribution in [2.45, 2.75) is 13.0 Å². The smallest absolute Gasteiger partial charge is 0.194 e. The molecule has 1 N–H and O–H groups in total. The summed E-state index contributed by atoms with van der Waals surface area (Å²) in [4.78, 5) is 1.77. The molecule has 0 amide bonds. The number of hydrogen-bond donors (Lipinski definition) is 1. The quantitative estimate of drug-likeness (QED) is 0.828. The maximum atomic E-state index is 13.1. The Bertz CT molecular complexity index is 542. The third kappa shape index (κ3) is 2.42. The van der Waals surface area contributed by atoms with Gasteiger partial charge in [-0.25, -0.2) is 13.2 Å². The third-order valence-electron chi connectivity index (χ3n) is 2.75. The molecule has 1 atom stereocenters. The van der Waals surface area contributed by atoms with E-state index in [9.17, 15) is 13.2 Å². The first-order chi connectivity index (χ1) is 8.52. The van der Waals surface area contributed by atoms with Crippen LogP contribution in [0.4, 0.5) is 13.2 Å². The SMILES string of the molecule is CNC(C)c1ccc(-c2cc(F)c(F)c(F)c2)s1. The zero-order valence-corrected chi connectivity index (χ0v) is 10.7. The summed E-state index contributed by atoms with van der Waals surface area (Å²) in [5, 5.41) is 3.08. The highest BCUT2D eigenvalue weighted by molar-refractivity contribution is 7.15. The van der Waals surface area contributed by atoms with Crippen LogP contribution in [0.2, 0.25) is 0 Å². The van der Waals surface area contributed by atoms with Crippen LogP contribution in [0.25, 0.3) is 10.4 Å². The van der Waals surface area contributed by atoms with Gasteiger partial charge in [0, 0.05) is 15.8 Å². The van der Waals surface area contributed by atoms with Gasteiger partial charge in [0.15, 0.2) is 17.5 Å². The van der Waals surface area contributed by atoms with Gasteiger partial charge in [-0.05, 0) is 43.8 Å². The third-order valence-corrected chi connectivity index (χ3v) is 4.07. The highest BCUT2D eigenvalue weighted by atomic mass is 32.1. The lowest BCUT2D eigenvalue weighted by Gasteiger charge is -2.06. The normalized spacial score (nSPS) is 12.7. The molecule has 1 heterocycles. The molecule has 1 aromatic heterocycles. The summed E-state index contributed by atoms with van der Waals surface area (Å²) in [5.74, 6) is -3.76. The van der Waals surface area contributed by atoms with Gasteiger partial charge in [-0.1, -0.05) is 0 Å². The average Bonchev–Trinajstić information content (AvgIpc) is 2.84. The number of thiophene rings is 1. The predicted molar refractivity (Wildman–Crippen MR) is 67.1 cm³/mol. The van der Waals surface area contributed by atoms with Crippen LogP contribution in [-0.4, -0.2) is 7.05 Å². The molecule has 1 nitrogen and oxygen atoms in total. The van der Waals surface area contributed by atoms with Crippen LogP contribution in [0.1, 0.15) is 17.8 Å².